The third kappa shape index (κ3) is 4.72. The lowest BCUT2D eigenvalue weighted by molar-refractivity contribution is -0.137. The van der Waals surface area contributed by atoms with E-state index in [9.17, 15) is 9.59 Å². The number of carbonyl (C=O) groups is 2. The van der Waals surface area contributed by atoms with Crippen LogP contribution < -0.4 is 0 Å². The van der Waals surface area contributed by atoms with Crippen LogP contribution in [0.3, 0.4) is 0 Å². The summed E-state index contributed by atoms with van der Waals surface area (Å²) in [6.07, 6.45) is 2.38. The molecule has 2 heterocycles. The molecule has 0 bridgehead atoms. The summed E-state index contributed by atoms with van der Waals surface area (Å²) in [5, 5.41) is 8.82. The lowest BCUT2D eigenvalue weighted by Gasteiger charge is -2.24. The summed E-state index contributed by atoms with van der Waals surface area (Å²) in [7, 11) is 3.50. The minimum absolute atomic E-state index is 0.0300. The van der Waals surface area contributed by atoms with Gasteiger partial charge in [0, 0.05) is 31.9 Å². The zero-order valence-corrected chi connectivity index (χ0v) is 13.9. The van der Waals surface area contributed by atoms with Crippen molar-refractivity contribution in [2.75, 3.05) is 27.2 Å². The maximum atomic E-state index is 12.0. The summed E-state index contributed by atoms with van der Waals surface area (Å²) in [6, 6.07) is 1.86. The molecule has 1 aliphatic heterocycles. The van der Waals surface area contributed by atoms with Gasteiger partial charge in [0.15, 0.2) is 0 Å². The maximum Gasteiger partial charge on any atom is 0.303 e. The Morgan fingerprint density at radius 2 is 2.13 bits per heavy atom. The molecule has 0 unspecified atom stereocenters. The van der Waals surface area contributed by atoms with E-state index < -0.39 is 5.97 Å². The van der Waals surface area contributed by atoms with Crippen LogP contribution in [0.15, 0.2) is 6.07 Å². The molecule has 7 heteroatoms. The number of hydrogen-bond donors (Lipinski definition) is 1. The zero-order valence-electron chi connectivity index (χ0n) is 13.9. The van der Waals surface area contributed by atoms with E-state index in [1.807, 2.05) is 13.0 Å². The number of nitrogens with zero attached hydrogens (tertiary/aromatic N) is 4. The topological polar surface area (TPSA) is 86.6 Å². The highest BCUT2D eigenvalue weighted by Crippen LogP contribution is 2.29. The Kier molecular flexibility index (Phi) is 5.65. The number of likely N-dealkylation sites (tertiary alicyclic amines) is 1. The number of carbonyl (C=O) groups excluding carboxylic acids is 1. The molecule has 0 aromatic carbocycles. The standard InChI is InChI=1S/C16H24N4O3/c1-11-9-12(6-7-15(22)23)18-16(17-11)13-5-4-8-20(13)10-14(21)19(2)3/h9,13H,4-8,10H2,1-3H3,(H,22,23)/t13-/m0/s1. The molecule has 1 amide bonds. The highest BCUT2D eigenvalue weighted by molar-refractivity contribution is 5.77. The predicted octanol–water partition coefficient (Wildman–Crippen LogP) is 1.03. The Bertz CT molecular complexity index is 589. The number of likely N-dealkylation sites (N-methyl/N-ethyl adjacent to an activating group) is 1. The number of hydrogen-bond acceptors (Lipinski definition) is 5. The smallest absolute Gasteiger partial charge is 0.303 e. The van der Waals surface area contributed by atoms with Crippen LogP contribution in [-0.2, 0) is 16.0 Å². The quantitative estimate of drug-likeness (QED) is 0.842. The monoisotopic (exact) mass is 320 g/mol. The summed E-state index contributed by atoms with van der Waals surface area (Å²) < 4.78 is 0. The number of aromatic nitrogens is 2. The zero-order chi connectivity index (χ0) is 17.0. The van der Waals surface area contributed by atoms with E-state index in [2.05, 4.69) is 14.9 Å². The molecule has 0 aliphatic carbocycles. The van der Waals surface area contributed by atoms with Crippen molar-refractivity contribution >= 4 is 11.9 Å². The van der Waals surface area contributed by atoms with Gasteiger partial charge >= 0.3 is 5.97 Å². The summed E-state index contributed by atoms with van der Waals surface area (Å²) in [5.74, 6) is -0.0630. The van der Waals surface area contributed by atoms with Gasteiger partial charge in [-0.25, -0.2) is 9.97 Å². The molecule has 1 aromatic rings. The van der Waals surface area contributed by atoms with Gasteiger partial charge in [-0.1, -0.05) is 0 Å². The molecule has 0 radical (unpaired) electrons. The normalized spacial score (nSPS) is 18.1. The number of rotatable bonds is 6. The first-order valence-corrected chi connectivity index (χ1v) is 7.87. The molecule has 1 aromatic heterocycles. The molecule has 0 saturated carbocycles. The van der Waals surface area contributed by atoms with Crippen LogP contribution >= 0.6 is 0 Å². The van der Waals surface area contributed by atoms with E-state index in [0.717, 1.165) is 30.8 Å². The largest absolute Gasteiger partial charge is 0.481 e. The Morgan fingerprint density at radius 1 is 1.39 bits per heavy atom. The molecule has 126 valence electrons. The van der Waals surface area contributed by atoms with Crippen LogP contribution in [0.5, 0.6) is 0 Å². The lowest BCUT2D eigenvalue weighted by Crippen LogP contribution is -2.36. The fraction of sp³-hybridized carbons (Fsp3) is 0.625. The van der Waals surface area contributed by atoms with Crippen molar-refractivity contribution in [3.8, 4) is 0 Å². The van der Waals surface area contributed by atoms with Gasteiger partial charge in [-0.2, -0.15) is 0 Å². The third-order valence-corrected chi connectivity index (χ3v) is 4.02. The Balaban J connectivity index is 2.15. The second kappa shape index (κ2) is 7.50. The van der Waals surface area contributed by atoms with Crippen LogP contribution in [0.25, 0.3) is 0 Å². The van der Waals surface area contributed by atoms with E-state index in [-0.39, 0.29) is 18.4 Å². The van der Waals surface area contributed by atoms with Gasteiger partial charge in [-0.15, -0.1) is 0 Å². The van der Waals surface area contributed by atoms with E-state index in [1.165, 1.54) is 0 Å². The van der Waals surface area contributed by atoms with Crippen molar-refractivity contribution < 1.29 is 14.7 Å². The van der Waals surface area contributed by atoms with Crippen LogP contribution in [0.2, 0.25) is 0 Å². The highest BCUT2D eigenvalue weighted by atomic mass is 16.4. The summed E-state index contributed by atoms with van der Waals surface area (Å²) in [6.45, 7) is 3.10. The molecule has 1 fully saturated rings. The van der Waals surface area contributed by atoms with Gasteiger partial charge in [0.25, 0.3) is 0 Å². The first-order chi connectivity index (χ1) is 10.9. The predicted molar refractivity (Wildman–Crippen MR) is 85.0 cm³/mol. The molecular formula is C16H24N4O3. The van der Waals surface area contributed by atoms with Gasteiger partial charge < -0.3 is 10.0 Å². The summed E-state index contributed by atoms with van der Waals surface area (Å²) in [5.41, 5.74) is 1.59. The Morgan fingerprint density at radius 3 is 2.78 bits per heavy atom. The Hall–Kier alpha value is -2.02. The fourth-order valence-corrected chi connectivity index (χ4v) is 2.79. The molecule has 0 spiro atoms. The SMILES string of the molecule is Cc1cc(CCC(=O)O)nc([C@@H]2CCCN2CC(=O)N(C)C)n1. The van der Waals surface area contributed by atoms with Gasteiger partial charge in [0.05, 0.1) is 19.0 Å². The van der Waals surface area contributed by atoms with Crippen molar-refractivity contribution in [1.82, 2.24) is 19.8 Å². The minimum atomic E-state index is -0.832. The third-order valence-electron chi connectivity index (χ3n) is 4.02. The van der Waals surface area contributed by atoms with Crippen molar-refractivity contribution in [3.63, 3.8) is 0 Å². The second-order valence-electron chi connectivity index (χ2n) is 6.17. The van der Waals surface area contributed by atoms with Gasteiger partial charge in [-0.05, 0) is 32.4 Å². The van der Waals surface area contributed by atoms with Crippen LogP contribution in [0.4, 0.5) is 0 Å². The fourth-order valence-electron chi connectivity index (χ4n) is 2.79. The Labute approximate surface area is 136 Å². The molecule has 1 atom stereocenters. The van der Waals surface area contributed by atoms with Crippen LogP contribution in [0, 0.1) is 6.92 Å². The van der Waals surface area contributed by atoms with E-state index in [1.54, 1.807) is 19.0 Å². The number of carboxylic acid groups (broad SMARTS) is 1. The van der Waals surface area contributed by atoms with Crippen LogP contribution in [-0.4, -0.2) is 63.9 Å². The van der Waals surface area contributed by atoms with Crippen LogP contribution in [0.1, 0.15) is 42.5 Å². The minimum Gasteiger partial charge on any atom is -0.481 e. The average Bonchev–Trinajstić information content (AvgIpc) is 2.92. The first-order valence-electron chi connectivity index (χ1n) is 7.87. The number of carboxylic acids is 1. The van der Waals surface area contributed by atoms with Crippen molar-refractivity contribution in [2.24, 2.45) is 0 Å². The van der Waals surface area contributed by atoms with E-state index in [0.29, 0.717) is 18.8 Å². The molecule has 1 N–H and O–H groups in total. The molecule has 1 saturated heterocycles. The number of aliphatic carboxylic acids is 1. The van der Waals surface area contributed by atoms with Crippen molar-refractivity contribution in [1.29, 1.82) is 0 Å². The molecule has 23 heavy (non-hydrogen) atoms. The number of aryl methyl sites for hydroxylation is 2. The summed E-state index contributed by atoms with van der Waals surface area (Å²) >= 11 is 0. The maximum absolute atomic E-state index is 12.0. The number of amides is 1. The molecule has 7 nitrogen and oxygen atoms in total. The first kappa shape index (κ1) is 17.3. The van der Waals surface area contributed by atoms with Gasteiger partial charge in [0.2, 0.25) is 5.91 Å². The highest BCUT2D eigenvalue weighted by Gasteiger charge is 2.30. The van der Waals surface area contributed by atoms with E-state index >= 15 is 0 Å². The van der Waals surface area contributed by atoms with Gasteiger partial charge in [0.1, 0.15) is 5.82 Å². The second-order valence-corrected chi connectivity index (χ2v) is 6.17. The average molecular weight is 320 g/mol. The molecular weight excluding hydrogens is 296 g/mol. The molecule has 1 aliphatic rings. The lowest BCUT2D eigenvalue weighted by atomic mass is 10.1. The molecule has 2 rings (SSSR count). The van der Waals surface area contributed by atoms with Crippen molar-refractivity contribution in [2.45, 2.75) is 38.6 Å². The van der Waals surface area contributed by atoms with Crippen molar-refractivity contribution in [3.05, 3.63) is 23.3 Å². The van der Waals surface area contributed by atoms with Gasteiger partial charge in [-0.3, -0.25) is 14.5 Å². The summed E-state index contributed by atoms with van der Waals surface area (Å²) in [4.78, 5) is 35.5. The van der Waals surface area contributed by atoms with E-state index in [4.69, 9.17) is 5.11 Å².